The minimum Gasteiger partial charge on any atom is -0.381 e. The minimum atomic E-state index is -4.35. The SMILES string of the molecule is C[C@H](CC[C@@H]1[C@H](C)c2cc(C(F)(F)F)ccc2N[C@H]1C1C=CC=CC1)CNc1n[nH]c(N)n1. The molecular weight excluding hydrogens is 429 g/mol. The molecule has 0 bridgehead atoms. The molecule has 5 N–H and O–H groups in total. The molecule has 5 atom stereocenters. The van der Waals surface area contributed by atoms with Crippen LogP contribution in [-0.4, -0.2) is 27.8 Å². The predicted octanol–water partition coefficient (Wildman–Crippen LogP) is 5.58. The van der Waals surface area contributed by atoms with Crippen LogP contribution in [0.1, 0.15) is 50.2 Å². The van der Waals surface area contributed by atoms with Gasteiger partial charge in [0.1, 0.15) is 0 Å². The normalized spacial score (nSPS) is 25.4. The second-order valence-electron chi connectivity index (χ2n) is 9.24. The Hall–Kier alpha value is -2.97. The van der Waals surface area contributed by atoms with Gasteiger partial charge in [0.05, 0.1) is 5.56 Å². The van der Waals surface area contributed by atoms with Crippen LogP contribution in [0, 0.1) is 17.8 Å². The van der Waals surface area contributed by atoms with Gasteiger partial charge in [-0.25, -0.2) is 5.10 Å². The Morgan fingerprint density at radius 1 is 1.27 bits per heavy atom. The van der Waals surface area contributed by atoms with Crippen LogP contribution in [0.4, 0.5) is 30.8 Å². The summed E-state index contributed by atoms with van der Waals surface area (Å²) in [4.78, 5) is 4.06. The van der Waals surface area contributed by atoms with Gasteiger partial charge in [-0.05, 0) is 60.8 Å². The van der Waals surface area contributed by atoms with Crippen molar-refractivity contribution in [2.24, 2.45) is 17.8 Å². The molecule has 0 fully saturated rings. The summed E-state index contributed by atoms with van der Waals surface area (Å²) in [6, 6.07) is 4.26. The van der Waals surface area contributed by atoms with Gasteiger partial charge in [0.2, 0.25) is 11.9 Å². The molecule has 1 aromatic carbocycles. The lowest BCUT2D eigenvalue weighted by Crippen LogP contribution is -2.42. The number of hydrogen-bond acceptors (Lipinski definition) is 5. The minimum absolute atomic E-state index is 0.0146. The Kier molecular flexibility index (Phi) is 6.67. The fourth-order valence-corrected chi connectivity index (χ4v) is 4.99. The van der Waals surface area contributed by atoms with Gasteiger partial charge in [0.15, 0.2) is 0 Å². The molecule has 1 aromatic heterocycles. The first-order valence-electron chi connectivity index (χ1n) is 11.4. The summed E-state index contributed by atoms with van der Waals surface area (Å²) in [5, 5.41) is 13.4. The van der Waals surface area contributed by atoms with Gasteiger partial charge in [-0.3, -0.25) is 0 Å². The molecule has 178 valence electrons. The first kappa shape index (κ1) is 23.2. The number of nitrogen functional groups attached to an aromatic ring is 1. The van der Waals surface area contributed by atoms with Crippen molar-refractivity contribution in [1.82, 2.24) is 15.2 Å². The van der Waals surface area contributed by atoms with Crippen molar-refractivity contribution >= 4 is 17.6 Å². The molecule has 6 nitrogen and oxygen atoms in total. The Balaban J connectivity index is 1.50. The smallest absolute Gasteiger partial charge is 0.381 e. The summed E-state index contributed by atoms with van der Waals surface area (Å²) in [5.41, 5.74) is 6.54. The molecule has 9 heteroatoms. The average molecular weight is 461 g/mol. The van der Waals surface area contributed by atoms with Gasteiger partial charge in [0.25, 0.3) is 0 Å². The van der Waals surface area contributed by atoms with E-state index in [1.54, 1.807) is 6.07 Å². The fraction of sp³-hybridized carbons (Fsp3) is 0.500. The van der Waals surface area contributed by atoms with E-state index >= 15 is 0 Å². The van der Waals surface area contributed by atoms with Crippen molar-refractivity contribution < 1.29 is 13.2 Å². The maximum absolute atomic E-state index is 13.4. The Morgan fingerprint density at radius 2 is 2.09 bits per heavy atom. The average Bonchev–Trinajstić information content (AvgIpc) is 3.21. The van der Waals surface area contributed by atoms with Crippen molar-refractivity contribution in [2.45, 2.75) is 51.2 Å². The van der Waals surface area contributed by atoms with Gasteiger partial charge in [-0.2, -0.15) is 18.2 Å². The monoisotopic (exact) mass is 460 g/mol. The van der Waals surface area contributed by atoms with Crippen LogP contribution in [0.2, 0.25) is 0 Å². The van der Waals surface area contributed by atoms with E-state index in [0.29, 0.717) is 24.3 Å². The fourth-order valence-electron chi connectivity index (χ4n) is 4.99. The lowest BCUT2D eigenvalue weighted by molar-refractivity contribution is -0.137. The third kappa shape index (κ3) is 5.34. The molecule has 2 aliphatic rings. The van der Waals surface area contributed by atoms with Gasteiger partial charge < -0.3 is 16.4 Å². The van der Waals surface area contributed by atoms with E-state index in [1.807, 2.05) is 6.08 Å². The Bertz CT molecular complexity index is 1010. The Labute approximate surface area is 191 Å². The second-order valence-corrected chi connectivity index (χ2v) is 9.24. The highest BCUT2D eigenvalue weighted by molar-refractivity contribution is 5.58. The number of alkyl halides is 3. The number of halogens is 3. The number of hydrogen-bond donors (Lipinski definition) is 4. The highest BCUT2D eigenvalue weighted by Crippen LogP contribution is 2.45. The lowest BCUT2D eigenvalue weighted by atomic mass is 9.70. The standard InChI is InChI=1S/C24H31F3N6/c1-14(13-29-23-31-22(28)32-33-23)8-10-18-15(2)19-12-17(24(25,26)27)9-11-20(19)30-21(18)16-6-4-3-5-7-16/h3-6,9,11-12,14-16,18,21,30H,7-8,10,13H2,1-2H3,(H4,28,29,31,32,33)/t14-,15+,16?,18-,21+/m1/s1. The van der Waals surface area contributed by atoms with Crippen LogP contribution < -0.4 is 16.4 Å². The zero-order chi connectivity index (χ0) is 23.6. The van der Waals surface area contributed by atoms with Gasteiger partial charge in [-0.15, -0.1) is 5.10 Å². The third-order valence-corrected chi connectivity index (χ3v) is 6.87. The molecule has 0 saturated heterocycles. The van der Waals surface area contributed by atoms with Crippen molar-refractivity contribution in [3.8, 4) is 0 Å². The van der Waals surface area contributed by atoms with Crippen molar-refractivity contribution in [3.05, 3.63) is 53.6 Å². The molecule has 1 unspecified atom stereocenters. The highest BCUT2D eigenvalue weighted by atomic mass is 19.4. The molecule has 1 aliphatic heterocycles. The molecule has 0 amide bonds. The number of allylic oxidation sites excluding steroid dienone is 3. The van der Waals surface area contributed by atoms with Crippen molar-refractivity contribution in [1.29, 1.82) is 0 Å². The van der Waals surface area contributed by atoms with Crippen LogP contribution in [0.25, 0.3) is 0 Å². The molecule has 2 aromatic rings. The van der Waals surface area contributed by atoms with E-state index < -0.39 is 11.7 Å². The van der Waals surface area contributed by atoms with Crippen LogP contribution in [0.3, 0.4) is 0 Å². The number of aromatic amines is 1. The molecule has 4 rings (SSSR count). The summed E-state index contributed by atoms with van der Waals surface area (Å²) >= 11 is 0. The van der Waals surface area contributed by atoms with Crippen molar-refractivity contribution in [2.75, 3.05) is 22.9 Å². The van der Waals surface area contributed by atoms with E-state index in [1.165, 1.54) is 12.1 Å². The zero-order valence-corrected chi connectivity index (χ0v) is 18.9. The maximum atomic E-state index is 13.4. The lowest BCUT2D eigenvalue weighted by Gasteiger charge is -2.43. The van der Waals surface area contributed by atoms with Crippen LogP contribution >= 0.6 is 0 Å². The van der Waals surface area contributed by atoms with E-state index in [0.717, 1.165) is 30.5 Å². The van der Waals surface area contributed by atoms with E-state index in [2.05, 4.69) is 57.9 Å². The number of anilines is 3. The predicted molar refractivity (Wildman–Crippen MR) is 125 cm³/mol. The summed E-state index contributed by atoms with van der Waals surface area (Å²) in [7, 11) is 0. The molecular formula is C24H31F3N6. The van der Waals surface area contributed by atoms with Crippen LogP contribution in [0.5, 0.6) is 0 Å². The van der Waals surface area contributed by atoms with Gasteiger partial charge in [0, 0.05) is 24.2 Å². The van der Waals surface area contributed by atoms with Crippen LogP contribution in [-0.2, 0) is 6.18 Å². The number of fused-ring (bicyclic) bond motifs is 1. The number of benzene rings is 1. The van der Waals surface area contributed by atoms with E-state index in [-0.39, 0.29) is 23.8 Å². The van der Waals surface area contributed by atoms with Gasteiger partial charge >= 0.3 is 6.18 Å². The van der Waals surface area contributed by atoms with E-state index in [9.17, 15) is 13.2 Å². The number of nitrogens with zero attached hydrogens (tertiary/aromatic N) is 2. The molecule has 0 spiro atoms. The van der Waals surface area contributed by atoms with Crippen molar-refractivity contribution in [3.63, 3.8) is 0 Å². The first-order valence-corrected chi connectivity index (χ1v) is 11.4. The number of nitrogens with two attached hydrogens (primary N) is 1. The number of nitrogens with one attached hydrogen (secondary N) is 3. The van der Waals surface area contributed by atoms with E-state index in [4.69, 9.17) is 5.73 Å². The zero-order valence-electron chi connectivity index (χ0n) is 18.9. The molecule has 0 radical (unpaired) electrons. The summed E-state index contributed by atoms with van der Waals surface area (Å²) in [6.45, 7) is 4.91. The quantitative estimate of drug-likeness (QED) is 0.433. The number of H-pyrrole nitrogens is 1. The topological polar surface area (TPSA) is 91.7 Å². The summed E-state index contributed by atoms with van der Waals surface area (Å²) in [6.07, 6.45) is 6.90. The second kappa shape index (κ2) is 9.49. The van der Waals surface area contributed by atoms with Crippen LogP contribution in [0.15, 0.2) is 42.5 Å². The van der Waals surface area contributed by atoms with Gasteiger partial charge in [-0.1, -0.05) is 38.2 Å². The first-order chi connectivity index (χ1) is 15.7. The third-order valence-electron chi connectivity index (χ3n) is 6.87. The molecule has 2 heterocycles. The number of rotatable bonds is 7. The Morgan fingerprint density at radius 3 is 2.76 bits per heavy atom. The largest absolute Gasteiger partial charge is 0.416 e. The molecule has 33 heavy (non-hydrogen) atoms. The maximum Gasteiger partial charge on any atom is 0.416 e. The summed E-state index contributed by atoms with van der Waals surface area (Å²) in [5.74, 6) is 1.61. The number of aromatic nitrogens is 3. The molecule has 1 aliphatic carbocycles. The molecule has 0 saturated carbocycles. The highest BCUT2D eigenvalue weighted by Gasteiger charge is 2.39. The summed E-state index contributed by atoms with van der Waals surface area (Å²) < 4.78 is 40.1.